The third kappa shape index (κ3) is 2.96. The van der Waals surface area contributed by atoms with Crippen LogP contribution in [0.15, 0.2) is 29.6 Å². The standard InChI is InChI=1S/C19H22N2O2S/c1-5-10-23-14-8-6-13(7-9-14)16-12-24-18-20-17(19(2,3)4)15(11-22)21(16)18/h6-9,11-12H,5,10H2,1-4H3. The normalized spacial score (nSPS) is 11.8. The van der Waals surface area contributed by atoms with E-state index in [0.717, 1.165) is 40.4 Å². The van der Waals surface area contributed by atoms with E-state index < -0.39 is 0 Å². The van der Waals surface area contributed by atoms with Gasteiger partial charge in [0.05, 0.1) is 18.0 Å². The maximum absolute atomic E-state index is 11.7. The molecule has 0 aliphatic rings. The van der Waals surface area contributed by atoms with E-state index in [1.807, 2.05) is 34.0 Å². The molecule has 1 aromatic carbocycles. The summed E-state index contributed by atoms with van der Waals surface area (Å²) in [7, 11) is 0. The van der Waals surface area contributed by atoms with Crippen molar-refractivity contribution >= 4 is 22.6 Å². The van der Waals surface area contributed by atoms with Crippen molar-refractivity contribution in [3.8, 4) is 17.0 Å². The van der Waals surface area contributed by atoms with Gasteiger partial charge in [0.15, 0.2) is 11.2 Å². The summed E-state index contributed by atoms with van der Waals surface area (Å²) in [6.07, 6.45) is 1.90. The van der Waals surface area contributed by atoms with Gasteiger partial charge in [0.2, 0.25) is 0 Å². The Morgan fingerprint density at radius 2 is 1.96 bits per heavy atom. The second-order valence-electron chi connectivity index (χ2n) is 6.83. The number of nitrogens with zero attached hydrogens (tertiary/aromatic N) is 2. The van der Waals surface area contributed by atoms with Crippen molar-refractivity contribution in [3.05, 3.63) is 41.0 Å². The average molecular weight is 342 g/mol. The first-order valence-electron chi connectivity index (χ1n) is 8.14. The van der Waals surface area contributed by atoms with Crippen molar-refractivity contribution in [3.63, 3.8) is 0 Å². The fourth-order valence-corrected chi connectivity index (χ4v) is 3.59. The van der Waals surface area contributed by atoms with Crippen molar-refractivity contribution in [2.45, 2.75) is 39.5 Å². The Kier molecular flexibility index (Phi) is 4.45. The summed E-state index contributed by atoms with van der Waals surface area (Å²) < 4.78 is 7.59. The molecule has 0 saturated heterocycles. The van der Waals surface area contributed by atoms with Crippen LogP contribution in [0.25, 0.3) is 16.2 Å². The summed E-state index contributed by atoms with van der Waals surface area (Å²) in [5, 5.41) is 2.05. The molecule has 126 valence electrons. The minimum atomic E-state index is -0.170. The summed E-state index contributed by atoms with van der Waals surface area (Å²) in [5.41, 5.74) is 3.35. The number of imidazole rings is 1. The van der Waals surface area contributed by atoms with Crippen LogP contribution >= 0.6 is 11.3 Å². The number of carbonyl (C=O) groups is 1. The summed E-state index contributed by atoms with van der Waals surface area (Å²) in [6, 6.07) is 7.99. The van der Waals surface area contributed by atoms with Crippen molar-refractivity contribution in [2.75, 3.05) is 6.61 Å². The number of fused-ring (bicyclic) bond motifs is 1. The number of aldehydes is 1. The predicted octanol–water partition coefficient (Wildman–Crippen LogP) is 4.96. The zero-order valence-corrected chi connectivity index (χ0v) is 15.3. The molecule has 4 nitrogen and oxygen atoms in total. The van der Waals surface area contributed by atoms with Crippen molar-refractivity contribution < 1.29 is 9.53 Å². The van der Waals surface area contributed by atoms with Crippen molar-refractivity contribution in [1.29, 1.82) is 0 Å². The molecule has 0 bridgehead atoms. The lowest BCUT2D eigenvalue weighted by Crippen LogP contribution is -2.14. The van der Waals surface area contributed by atoms with Gasteiger partial charge in [-0.2, -0.15) is 0 Å². The molecule has 0 fully saturated rings. The van der Waals surface area contributed by atoms with Crippen LogP contribution in [0.2, 0.25) is 0 Å². The number of benzene rings is 1. The molecule has 0 unspecified atom stereocenters. The van der Waals surface area contributed by atoms with E-state index in [9.17, 15) is 4.79 Å². The second-order valence-corrected chi connectivity index (χ2v) is 7.66. The molecule has 0 aliphatic carbocycles. The lowest BCUT2D eigenvalue weighted by Gasteiger charge is -2.16. The number of hydrogen-bond acceptors (Lipinski definition) is 4. The summed E-state index contributed by atoms with van der Waals surface area (Å²) in [4.78, 5) is 17.3. The smallest absolute Gasteiger partial charge is 0.195 e. The Morgan fingerprint density at radius 3 is 2.54 bits per heavy atom. The zero-order chi connectivity index (χ0) is 17.3. The zero-order valence-electron chi connectivity index (χ0n) is 14.5. The van der Waals surface area contributed by atoms with E-state index in [-0.39, 0.29) is 5.41 Å². The molecule has 3 rings (SSSR count). The van der Waals surface area contributed by atoms with E-state index in [1.54, 1.807) is 11.3 Å². The largest absolute Gasteiger partial charge is 0.494 e. The third-order valence-electron chi connectivity index (χ3n) is 3.84. The van der Waals surface area contributed by atoms with Crippen LogP contribution in [0.4, 0.5) is 0 Å². The highest BCUT2D eigenvalue weighted by Gasteiger charge is 2.25. The van der Waals surface area contributed by atoms with Crippen LogP contribution < -0.4 is 4.74 Å². The van der Waals surface area contributed by atoms with Crippen LogP contribution in [-0.4, -0.2) is 22.3 Å². The van der Waals surface area contributed by atoms with E-state index in [0.29, 0.717) is 12.3 Å². The quantitative estimate of drug-likeness (QED) is 0.615. The molecule has 0 saturated carbocycles. The molecule has 24 heavy (non-hydrogen) atoms. The van der Waals surface area contributed by atoms with Crippen LogP contribution in [0.1, 0.15) is 50.3 Å². The number of carbonyl (C=O) groups excluding carboxylic acids is 1. The van der Waals surface area contributed by atoms with E-state index in [1.165, 1.54) is 0 Å². The molecule has 0 radical (unpaired) electrons. The van der Waals surface area contributed by atoms with Gasteiger partial charge >= 0.3 is 0 Å². The number of rotatable bonds is 5. The number of thiazole rings is 1. The first kappa shape index (κ1) is 16.7. The molecular weight excluding hydrogens is 320 g/mol. The molecule has 2 heterocycles. The molecule has 0 atom stereocenters. The van der Waals surface area contributed by atoms with Gasteiger partial charge in [0, 0.05) is 10.8 Å². The van der Waals surface area contributed by atoms with E-state index in [2.05, 4.69) is 32.7 Å². The Labute approximate surface area is 146 Å². The monoisotopic (exact) mass is 342 g/mol. The lowest BCUT2D eigenvalue weighted by atomic mass is 9.91. The van der Waals surface area contributed by atoms with Crippen LogP contribution in [-0.2, 0) is 5.41 Å². The highest BCUT2D eigenvalue weighted by molar-refractivity contribution is 7.15. The van der Waals surface area contributed by atoms with Gasteiger partial charge in [-0.15, -0.1) is 11.3 Å². The molecular formula is C19H22N2O2S. The minimum absolute atomic E-state index is 0.170. The molecule has 0 N–H and O–H groups in total. The minimum Gasteiger partial charge on any atom is -0.494 e. The molecule has 3 aromatic rings. The summed E-state index contributed by atoms with van der Waals surface area (Å²) >= 11 is 1.56. The molecule has 0 amide bonds. The third-order valence-corrected chi connectivity index (χ3v) is 4.67. The van der Waals surface area contributed by atoms with Crippen molar-refractivity contribution in [2.24, 2.45) is 0 Å². The van der Waals surface area contributed by atoms with Gasteiger partial charge in [0.25, 0.3) is 0 Å². The molecule has 0 spiro atoms. The maximum atomic E-state index is 11.7. The average Bonchev–Trinajstić information content (AvgIpc) is 3.12. The van der Waals surface area contributed by atoms with Gasteiger partial charge in [-0.1, -0.05) is 27.7 Å². The van der Waals surface area contributed by atoms with Crippen LogP contribution in [0.5, 0.6) is 5.75 Å². The van der Waals surface area contributed by atoms with Gasteiger partial charge in [-0.25, -0.2) is 4.98 Å². The molecule has 2 aromatic heterocycles. The number of aromatic nitrogens is 2. The highest BCUT2D eigenvalue weighted by atomic mass is 32.1. The first-order chi connectivity index (χ1) is 11.5. The highest BCUT2D eigenvalue weighted by Crippen LogP contribution is 2.33. The Bertz CT molecular complexity index is 854. The Hall–Kier alpha value is -2.14. The van der Waals surface area contributed by atoms with Crippen LogP contribution in [0.3, 0.4) is 0 Å². The van der Waals surface area contributed by atoms with Crippen molar-refractivity contribution in [1.82, 2.24) is 9.38 Å². The maximum Gasteiger partial charge on any atom is 0.195 e. The number of hydrogen-bond donors (Lipinski definition) is 0. The molecule has 5 heteroatoms. The topological polar surface area (TPSA) is 43.6 Å². The molecule has 0 aliphatic heterocycles. The van der Waals surface area contributed by atoms with E-state index in [4.69, 9.17) is 4.74 Å². The number of ether oxygens (including phenoxy) is 1. The first-order valence-corrected chi connectivity index (χ1v) is 9.02. The van der Waals surface area contributed by atoms with Gasteiger partial charge < -0.3 is 4.74 Å². The fourth-order valence-electron chi connectivity index (χ4n) is 2.68. The summed E-state index contributed by atoms with van der Waals surface area (Å²) in [5.74, 6) is 0.865. The van der Waals surface area contributed by atoms with Gasteiger partial charge in [-0.3, -0.25) is 9.20 Å². The lowest BCUT2D eigenvalue weighted by molar-refractivity contribution is 0.111. The SMILES string of the molecule is CCCOc1ccc(-c2csc3nc(C(C)(C)C)c(C=O)n23)cc1. The summed E-state index contributed by atoms with van der Waals surface area (Å²) in [6.45, 7) is 9.03. The fraction of sp³-hybridized carbons (Fsp3) is 0.368. The second kappa shape index (κ2) is 6.40. The van der Waals surface area contributed by atoms with Gasteiger partial charge in [0.1, 0.15) is 11.4 Å². The Morgan fingerprint density at radius 1 is 1.25 bits per heavy atom. The van der Waals surface area contributed by atoms with E-state index >= 15 is 0 Å². The predicted molar refractivity (Wildman–Crippen MR) is 98.4 cm³/mol. The van der Waals surface area contributed by atoms with Crippen LogP contribution in [0, 0.1) is 0 Å². The van der Waals surface area contributed by atoms with Gasteiger partial charge in [-0.05, 0) is 36.2 Å². The Balaban J connectivity index is 2.07.